The number of rotatable bonds is 13. The second kappa shape index (κ2) is 15.6. The van der Waals surface area contributed by atoms with Crippen molar-refractivity contribution in [2.24, 2.45) is 11.1 Å². The van der Waals surface area contributed by atoms with Gasteiger partial charge in [0.1, 0.15) is 11.5 Å². The zero-order valence-corrected chi connectivity index (χ0v) is 31.8. The van der Waals surface area contributed by atoms with E-state index in [0.717, 1.165) is 91.8 Å². The van der Waals surface area contributed by atoms with Crippen LogP contribution in [0.3, 0.4) is 0 Å². The van der Waals surface area contributed by atoms with Crippen LogP contribution in [0.15, 0.2) is 90.1 Å². The van der Waals surface area contributed by atoms with Gasteiger partial charge in [-0.1, -0.05) is 98.4 Å². The number of hydrogen-bond acceptors (Lipinski definition) is 5. The van der Waals surface area contributed by atoms with Crippen molar-refractivity contribution in [2.45, 2.75) is 93.7 Å². The summed E-state index contributed by atoms with van der Waals surface area (Å²) in [5.41, 5.74) is 8.73. The second-order valence-corrected chi connectivity index (χ2v) is 14.4. The molecule has 0 aliphatic carbocycles. The van der Waals surface area contributed by atoms with Gasteiger partial charge in [0.2, 0.25) is 0 Å². The lowest BCUT2D eigenvalue weighted by Gasteiger charge is -2.19. The van der Waals surface area contributed by atoms with Crippen molar-refractivity contribution in [3.05, 3.63) is 124 Å². The maximum atomic E-state index is 14.7. The summed E-state index contributed by atoms with van der Waals surface area (Å²) < 4.78 is 8.67. The van der Waals surface area contributed by atoms with Crippen LogP contribution in [0.2, 0.25) is 0 Å². The molecule has 0 fully saturated rings. The molecule has 0 amide bonds. The topological polar surface area (TPSA) is 69.9 Å². The summed E-state index contributed by atoms with van der Waals surface area (Å²) in [5.74, 6) is 0.663. The maximum absolute atomic E-state index is 14.7. The number of oxime groups is 1. The van der Waals surface area contributed by atoms with Crippen LogP contribution >= 0.6 is 0 Å². The zero-order valence-electron chi connectivity index (χ0n) is 31.8. The first kappa shape index (κ1) is 36.6. The van der Waals surface area contributed by atoms with E-state index in [0.29, 0.717) is 22.9 Å². The molecule has 6 heteroatoms. The summed E-state index contributed by atoms with van der Waals surface area (Å²) in [6.07, 6.45) is 4.50. The quantitative estimate of drug-likeness (QED) is 0.0522. The van der Waals surface area contributed by atoms with Gasteiger partial charge in [0, 0.05) is 57.4 Å². The molecule has 0 radical (unpaired) electrons. The van der Waals surface area contributed by atoms with Crippen LogP contribution in [-0.4, -0.2) is 28.1 Å². The number of unbranched alkanes of at least 4 members (excludes halogenated alkanes) is 1. The molecule has 268 valence electrons. The van der Waals surface area contributed by atoms with Gasteiger partial charge in [-0.15, -0.1) is 0 Å². The molecule has 6 aromatic rings. The fourth-order valence-corrected chi connectivity index (χ4v) is 7.72. The molecule has 0 aliphatic heterocycles. The van der Waals surface area contributed by atoms with E-state index in [1.807, 2.05) is 64.1 Å². The molecule has 1 unspecified atom stereocenters. The van der Waals surface area contributed by atoms with Crippen molar-refractivity contribution in [3.63, 3.8) is 0 Å². The Morgan fingerprint density at radius 1 is 0.788 bits per heavy atom. The lowest BCUT2D eigenvalue weighted by molar-refractivity contribution is -0.140. The number of ketones is 1. The number of ether oxygens (including phenoxy) is 1. The fraction of sp³-hybridized carbons (Fsp3) is 0.326. The SMILES string of the molecule is CCCCC(CC)Cn1c2ccc(C(=NOC(C)=O)c3ccccc3OC(C)C)cc2c2cc(C(=O)c3c(C)cc(C)cc3C)c3ccccc3c21. The number of carbonyl (C=O) groups excluding carboxylic acids is 2. The number of nitrogens with zero attached hydrogens (tertiary/aromatic N) is 2. The molecule has 0 N–H and O–H groups in total. The molecular formula is C46H50N2O4. The molecule has 52 heavy (non-hydrogen) atoms. The van der Waals surface area contributed by atoms with Crippen molar-refractivity contribution in [2.75, 3.05) is 0 Å². The summed E-state index contributed by atoms with van der Waals surface area (Å²) in [6.45, 7) is 16.8. The van der Waals surface area contributed by atoms with Gasteiger partial charge in [0.25, 0.3) is 0 Å². The normalized spacial score (nSPS) is 12.6. The highest BCUT2D eigenvalue weighted by Crippen LogP contribution is 2.39. The molecule has 0 saturated heterocycles. The summed E-state index contributed by atoms with van der Waals surface area (Å²) >= 11 is 0. The van der Waals surface area contributed by atoms with Gasteiger partial charge in [-0.25, -0.2) is 4.79 Å². The highest BCUT2D eigenvalue weighted by molar-refractivity contribution is 6.27. The second-order valence-electron chi connectivity index (χ2n) is 14.4. The lowest BCUT2D eigenvalue weighted by Crippen LogP contribution is -2.12. The number of carbonyl (C=O) groups is 2. The number of hydrogen-bond donors (Lipinski definition) is 0. The van der Waals surface area contributed by atoms with Crippen molar-refractivity contribution in [1.29, 1.82) is 0 Å². The standard InChI is InChI=1S/C46H50N2O4/c1-9-11-16-33(10-2)27-48-41-22-21-34(44(47-52-32(8)49)37-19-14-15-20-42(37)51-28(3)4)25-38(41)39-26-40(35-17-12-13-18-36(35)45(39)48)46(50)43-30(6)23-29(5)24-31(43)7/h12-15,17-26,28,33H,9-11,16,27H2,1-8H3. The van der Waals surface area contributed by atoms with Gasteiger partial charge in [-0.05, 0) is 93.8 Å². The maximum Gasteiger partial charge on any atom is 0.332 e. The first-order valence-corrected chi connectivity index (χ1v) is 18.6. The Bertz CT molecular complexity index is 2300. The Kier molecular flexibility index (Phi) is 10.9. The van der Waals surface area contributed by atoms with Crippen LogP contribution in [-0.2, 0) is 16.2 Å². The Morgan fingerprint density at radius 3 is 2.15 bits per heavy atom. The predicted molar refractivity (Wildman–Crippen MR) is 214 cm³/mol. The van der Waals surface area contributed by atoms with Gasteiger partial charge < -0.3 is 14.1 Å². The molecule has 5 aromatic carbocycles. The molecule has 0 bridgehead atoms. The highest BCUT2D eigenvalue weighted by Gasteiger charge is 2.24. The summed E-state index contributed by atoms with van der Waals surface area (Å²) in [6, 6.07) is 28.6. The van der Waals surface area contributed by atoms with E-state index < -0.39 is 5.97 Å². The Balaban J connectivity index is 1.67. The number of aryl methyl sites for hydroxylation is 3. The van der Waals surface area contributed by atoms with E-state index in [2.05, 4.69) is 79.0 Å². The highest BCUT2D eigenvalue weighted by atomic mass is 16.7. The van der Waals surface area contributed by atoms with Crippen LogP contribution in [0.25, 0.3) is 32.6 Å². The third-order valence-electron chi connectivity index (χ3n) is 10.0. The molecule has 6 rings (SSSR count). The van der Waals surface area contributed by atoms with E-state index in [1.54, 1.807) is 0 Å². The zero-order chi connectivity index (χ0) is 37.1. The van der Waals surface area contributed by atoms with Crippen LogP contribution in [0.5, 0.6) is 5.75 Å². The fourth-order valence-electron chi connectivity index (χ4n) is 7.72. The average Bonchev–Trinajstić information content (AvgIpc) is 3.42. The van der Waals surface area contributed by atoms with Gasteiger partial charge in [-0.3, -0.25) is 4.79 Å². The van der Waals surface area contributed by atoms with E-state index in [9.17, 15) is 9.59 Å². The largest absolute Gasteiger partial charge is 0.490 e. The molecule has 0 saturated carbocycles. The first-order chi connectivity index (χ1) is 25.0. The molecule has 1 atom stereocenters. The van der Waals surface area contributed by atoms with E-state index in [-0.39, 0.29) is 11.9 Å². The minimum Gasteiger partial charge on any atom is -0.490 e. The van der Waals surface area contributed by atoms with Gasteiger partial charge in [0.15, 0.2) is 5.78 Å². The summed E-state index contributed by atoms with van der Waals surface area (Å²) in [4.78, 5) is 32.1. The smallest absolute Gasteiger partial charge is 0.332 e. The van der Waals surface area contributed by atoms with Crippen molar-refractivity contribution >= 4 is 50.0 Å². The van der Waals surface area contributed by atoms with E-state index in [1.165, 1.54) is 13.3 Å². The van der Waals surface area contributed by atoms with Crippen molar-refractivity contribution in [1.82, 2.24) is 4.57 Å². The Hall–Kier alpha value is -5.23. The van der Waals surface area contributed by atoms with Gasteiger partial charge >= 0.3 is 5.97 Å². The van der Waals surface area contributed by atoms with Crippen molar-refractivity contribution < 1.29 is 19.2 Å². The lowest BCUT2D eigenvalue weighted by atomic mass is 9.89. The third-order valence-corrected chi connectivity index (χ3v) is 10.0. The minimum atomic E-state index is -0.508. The van der Waals surface area contributed by atoms with E-state index >= 15 is 0 Å². The number of fused-ring (bicyclic) bond motifs is 5. The number of benzene rings is 5. The van der Waals surface area contributed by atoms with Crippen molar-refractivity contribution in [3.8, 4) is 5.75 Å². The molecular weight excluding hydrogens is 645 g/mol. The number of aromatic nitrogens is 1. The Labute approximate surface area is 307 Å². The molecule has 1 aromatic heterocycles. The van der Waals surface area contributed by atoms with Crippen LogP contribution in [0.1, 0.15) is 104 Å². The first-order valence-electron chi connectivity index (χ1n) is 18.6. The average molecular weight is 695 g/mol. The van der Waals surface area contributed by atoms with Crippen LogP contribution < -0.4 is 4.74 Å². The monoisotopic (exact) mass is 694 g/mol. The molecule has 0 aliphatic rings. The predicted octanol–water partition coefficient (Wildman–Crippen LogP) is 11.4. The van der Waals surface area contributed by atoms with Crippen LogP contribution in [0.4, 0.5) is 0 Å². The number of para-hydroxylation sites is 1. The summed E-state index contributed by atoms with van der Waals surface area (Å²) in [5, 5.41) is 8.42. The van der Waals surface area contributed by atoms with Gasteiger partial charge in [-0.2, -0.15) is 0 Å². The van der Waals surface area contributed by atoms with Gasteiger partial charge in [0.05, 0.1) is 11.6 Å². The minimum absolute atomic E-state index is 0.0245. The Morgan fingerprint density at radius 2 is 1.48 bits per heavy atom. The third kappa shape index (κ3) is 7.25. The summed E-state index contributed by atoms with van der Waals surface area (Å²) in [7, 11) is 0. The van der Waals surface area contributed by atoms with Crippen LogP contribution in [0, 0.1) is 26.7 Å². The molecule has 0 spiro atoms. The molecule has 6 nitrogen and oxygen atoms in total. The molecule has 1 heterocycles. The van der Waals surface area contributed by atoms with E-state index in [4.69, 9.17) is 9.57 Å².